The fraction of sp³-hybridized carbons (Fsp3) is 0.462. The molecule has 1 aliphatic rings. The maximum atomic E-state index is 4.33. The van der Waals surface area contributed by atoms with Crippen LogP contribution in [0.15, 0.2) is 17.8 Å². The maximum Gasteiger partial charge on any atom is 0.0925 e. The summed E-state index contributed by atoms with van der Waals surface area (Å²) in [5.41, 5.74) is 3.81. The minimum atomic E-state index is 0.515. The lowest BCUT2D eigenvalue weighted by Gasteiger charge is -2.23. The summed E-state index contributed by atoms with van der Waals surface area (Å²) in [6.07, 6.45) is 5.56. The molecule has 0 spiro atoms. The molecule has 0 saturated heterocycles. The van der Waals surface area contributed by atoms with Crippen LogP contribution in [0.3, 0.4) is 0 Å². The SMILES string of the molecule is Cc1[nH]cnc1CNC1CCCc2sccc21. The zero-order valence-corrected chi connectivity index (χ0v) is 10.8. The molecule has 3 rings (SSSR count). The first-order valence-corrected chi connectivity index (χ1v) is 7.01. The first-order chi connectivity index (χ1) is 8.34. The van der Waals surface area contributed by atoms with Crippen LogP contribution in [-0.2, 0) is 13.0 Å². The lowest BCUT2D eigenvalue weighted by Crippen LogP contribution is -2.24. The molecule has 2 N–H and O–H groups in total. The second-order valence-corrected chi connectivity index (χ2v) is 5.60. The maximum absolute atomic E-state index is 4.33. The van der Waals surface area contributed by atoms with E-state index in [1.165, 1.54) is 30.5 Å². The molecule has 0 aromatic carbocycles. The van der Waals surface area contributed by atoms with E-state index in [1.807, 2.05) is 11.3 Å². The molecule has 0 bridgehead atoms. The van der Waals surface area contributed by atoms with Crippen LogP contribution in [0.4, 0.5) is 0 Å². The molecule has 2 heterocycles. The summed E-state index contributed by atoms with van der Waals surface area (Å²) in [6.45, 7) is 2.93. The van der Waals surface area contributed by atoms with Crippen molar-refractivity contribution >= 4 is 11.3 Å². The van der Waals surface area contributed by atoms with E-state index in [4.69, 9.17) is 0 Å². The van der Waals surface area contributed by atoms with E-state index in [-0.39, 0.29) is 0 Å². The van der Waals surface area contributed by atoms with Crippen LogP contribution in [-0.4, -0.2) is 9.97 Å². The molecule has 1 atom stereocenters. The molecule has 2 aromatic heterocycles. The quantitative estimate of drug-likeness (QED) is 0.875. The molecule has 90 valence electrons. The van der Waals surface area contributed by atoms with Gasteiger partial charge in [-0.15, -0.1) is 11.3 Å². The molecule has 0 amide bonds. The van der Waals surface area contributed by atoms with Gasteiger partial charge in [-0.05, 0) is 43.2 Å². The highest BCUT2D eigenvalue weighted by Gasteiger charge is 2.20. The fourth-order valence-electron chi connectivity index (χ4n) is 2.48. The summed E-state index contributed by atoms with van der Waals surface area (Å²) >= 11 is 1.89. The third kappa shape index (κ3) is 2.15. The molecule has 0 radical (unpaired) electrons. The summed E-state index contributed by atoms with van der Waals surface area (Å²) in [6, 6.07) is 2.79. The number of H-pyrrole nitrogens is 1. The first-order valence-electron chi connectivity index (χ1n) is 6.13. The number of thiophene rings is 1. The number of aryl methyl sites for hydroxylation is 2. The molecule has 3 nitrogen and oxygen atoms in total. The van der Waals surface area contributed by atoms with Crippen molar-refractivity contribution in [1.82, 2.24) is 15.3 Å². The van der Waals surface area contributed by atoms with Gasteiger partial charge in [-0.3, -0.25) is 0 Å². The number of aromatic nitrogens is 2. The Morgan fingerprint density at radius 3 is 3.35 bits per heavy atom. The lowest BCUT2D eigenvalue weighted by atomic mass is 9.94. The fourth-order valence-corrected chi connectivity index (χ4v) is 3.47. The number of nitrogens with zero attached hydrogens (tertiary/aromatic N) is 1. The second-order valence-electron chi connectivity index (χ2n) is 4.60. The van der Waals surface area contributed by atoms with Crippen molar-refractivity contribution in [1.29, 1.82) is 0 Å². The Kier molecular flexibility index (Phi) is 2.99. The highest BCUT2D eigenvalue weighted by Crippen LogP contribution is 2.33. The molecule has 1 unspecified atom stereocenters. The van der Waals surface area contributed by atoms with Gasteiger partial charge in [0.05, 0.1) is 12.0 Å². The minimum absolute atomic E-state index is 0.515. The van der Waals surface area contributed by atoms with Crippen molar-refractivity contribution < 1.29 is 0 Å². The van der Waals surface area contributed by atoms with E-state index in [0.717, 1.165) is 12.2 Å². The van der Waals surface area contributed by atoms with E-state index in [2.05, 4.69) is 33.7 Å². The van der Waals surface area contributed by atoms with Gasteiger partial charge >= 0.3 is 0 Å². The molecule has 2 aromatic rings. The van der Waals surface area contributed by atoms with Crippen molar-refractivity contribution in [2.45, 2.75) is 38.8 Å². The van der Waals surface area contributed by atoms with E-state index in [0.29, 0.717) is 6.04 Å². The number of fused-ring (bicyclic) bond motifs is 1. The van der Waals surface area contributed by atoms with Gasteiger partial charge in [0.25, 0.3) is 0 Å². The van der Waals surface area contributed by atoms with Gasteiger partial charge in [0.2, 0.25) is 0 Å². The molecule has 4 heteroatoms. The summed E-state index contributed by atoms with van der Waals surface area (Å²) in [5, 5.41) is 5.84. The molecular weight excluding hydrogens is 230 g/mol. The summed E-state index contributed by atoms with van der Waals surface area (Å²) in [7, 11) is 0. The molecule has 17 heavy (non-hydrogen) atoms. The van der Waals surface area contributed by atoms with Crippen molar-refractivity contribution in [2.24, 2.45) is 0 Å². The number of imidazole rings is 1. The topological polar surface area (TPSA) is 40.7 Å². The van der Waals surface area contributed by atoms with Gasteiger partial charge in [-0.1, -0.05) is 0 Å². The van der Waals surface area contributed by atoms with Gasteiger partial charge in [-0.25, -0.2) is 4.98 Å². The van der Waals surface area contributed by atoms with Gasteiger partial charge in [0.1, 0.15) is 0 Å². The van der Waals surface area contributed by atoms with Crippen LogP contribution in [0, 0.1) is 6.92 Å². The highest BCUT2D eigenvalue weighted by molar-refractivity contribution is 7.10. The van der Waals surface area contributed by atoms with Crippen molar-refractivity contribution in [2.75, 3.05) is 0 Å². The van der Waals surface area contributed by atoms with E-state index in [9.17, 15) is 0 Å². The number of aromatic amines is 1. The Bertz CT molecular complexity index is 500. The van der Waals surface area contributed by atoms with Crippen LogP contribution in [0.1, 0.15) is 40.7 Å². The van der Waals surface area contributed by atoms with Gasteiger partial charge in [-0.2, -0.15) is 0 Å². The van der Waals surface area contributed by atoms with Gasteiger partial charge in [0, 0.05) is 23.2 Å². The van der Waals surface area contributed by atoms with Crippen molar-refractivity contribution in [3.05, 3.63) is 39.6 Å². The summed E-state index contributed by atoms with van der Waals surface area (Å²) in [4.78, 5) is 9.01. The van der Waals surface area contributed by atoms with Crippen LogP contribution in [0.5, 0.6) is 0 Å². The molecule has 0 aliphatic heterocycles. The second kappa shape index (κ2) is 4.63. The zero-order valence-electron chi connectivity index (χ0n) is 9.99. The van der Waals surface area contributed by atoms with Crippen molar-refractivity contribution in [3.8, 4) is 0 Å². The normalized spacial score (nSPS) is 19.2. The highest BCUT2D eigenvalue weighted by atomic mass is 32.1. The first kappa shape index (κ1) is 11.0. The number of rotatable bonds is 3. The Labute approximate surface area is 105 Å². The van der Waals surface area contributed by atoms with E-state index >= 15 is 0 Å². The largest absolute Gasteiger partial charge is 0.348 e. The Morgan fingerprint density at radius 1 is 1.59 bits per heavy atom. The number of hydrogen-bond acceptors (Lipinski definition) is 3. The van der Waals surface area contributed by atoms with Crippen LogP contribution in [0.2, 0.25) is 0 Å². The summed E-state index contributed by atoms with van der Waals surface area (Å²) < 4.78 is 0. The molecule has 0 saturated carbocycles. The predicted molar refractivity (Wildman–Crippen MR) is 70.2 cm³/mol. The van der Waals surface area contributed by atoms with E-state index < -0.39 is 0 Å². The molecular formula is C13H17N3S. The Morgan fingerprint density at radius 2 is 2.53 bits per heavy atom. The van der Waals surface area contributed by atoms with Crippen LogP contribution in [0.25, 0.3) is 0 Å². The molecule has 0 fully saturated rings. The average Bonchev–Trinajstić information content (AvgIpc) is 2.95. The van der Waals surface area contributed by atoms with Crippen molar-refractivity contribution in [3.63, 3.8) is 0 Å². The predicted octanol–water partition coefficient (Wildman–Crippen LogP) is 2.95. The zero-order chi connectivity index (χ0) is 11.7. The number of hydrogen-bond donors (Lipinski definition) is 2. The third-order valence-corrected chi connectivity index (χ3v) is 4.50. The monoisotopic (exact) mass is 247 g/mol. The van der Waals surface area contributed by atoms with Crippen LogP contribution >= 0.6 is 11.3 Å². The third-order valence-electron chi connectivity index (χ3n) is 3.50. The smallest absolute Gasteiger partial charge is 0.0925 e. The summed E-state index contributed by atoms with van der Waals surface area (Å²) in [5.74, 6) is 0. The van der Waals surface area contributed by atoms with Crippen LogP contribution < -0.4 is 5.32 Å². The lowest BCUT2D eigenvalue weighted by molar-refractivity contribution is 0.460. The molecule has 1 aliphatic carbocycles. The van der Waals surface area contributed by atoms with Gasteiger partial charge < -0.3 is 10.3 Å². The Balaban J connectivity index is 1.70. The average molecular weight is 247 g/mol. The van der Waals surface area contributed by atoms with Gasteiger partial charge in [0.15, 0.2) is 0 Å². The minimum Gasteiger partial charge on any atom is -0.348 e. The Hall–Kier alpha value is -1.13. The number of nitrogens with one attached hydrogen (secondary N) is 2. The standard InChI is InChI=1S/C13H17N3S/c1-9-12(16-8-15-9)7-14-11-3-2-4-13-10(11)5-6-17-13/h5-6,8,11,14H,2-4,7H2,1H3,(H,15,16). The van der Waals surface area contributed by atoms with E-state index in [1.54, 1.807) is 11.2 Å².